The Bertz CT molecular complexity index is 354. The highest BCUT2D eigenvalue weighted by Crippen LogP contribution is 2.21. The molecule has 102 valence electrons. The van der Waals surface area contributed by atoms with Crippen LogP contribution >= 0.6 is 0 Å². The fraction of sp³-hybridized carbons (Fsp3) is 0.786. The van der Waals surface area contributed by atoms with Crippen LogP contribution in [0.3, 0.4) is 0 Å². The first-order valence-corrected chi connectivity index (χ1v) is 7.10. The second-order valence-corrected chi connectivity index (χ2v) is 5.43. The molecule has 1 fully saturated rings. The molecule has 1 aliphatic rings. The number of imidazole rings is 1. The van der Waals surface area contributed by atoms with Gasteiger partial charge < -0.3 is 9.67 Å². The van der Waals surface area contributed by atoms with Crippen molar-refractivity contribution in [1.82, 2.24) is 14.5 Å². The Balaban J connectivity index is 1.85. The minimum Gasteiger partial charge on any atom is -0.393 e. The van der Waals surface area contributed by atoms with Crippen LogP contribution in [0, 0.1) is 5.92 Å². The van der Waals surface area contributed by atoms with Gasteiger partial charge in [-0.1, -0.05) is 6.92 Å². The lowest BCUT2D eigenvalue weighted by Gasteiger charge is -2.33. The standard InChI is InChI=1S/C14H25N3O/c1-3-6-17-11-15-9-14(17)10-16-7-4-13(5-8-16)12(2)18/h9,11-13,18H,3-8,10H2,1-2H3. The summed E-state index contributed by atoms with van der Waals surface area (Å²) in [5, 5.41) is 9.60. The minimum absolute atomic E-state index is 0.155. The third-order valence-electron chi connectivity index (χ3n) is 3.96. The molecule has 0 bridgehead atoms. The van der Waals surface area contributed by atoms with E-state index >= 15 is 0 Å². The molecule has 1 unspecified atom stereocenters. The summed E-state index contributed by atoms with van der Waals surface area (Å²) in [7, 11) is 0. The number of rotatable bonds is 5. The van der Waals surface area contributed by atoms with E-state index in [4.69, 9.17) is 0 Å². The highest BCUT2D eigenvalue weighted by atomic mass is 16.3. The van der Waals surface area contributed by atoms with Gasteiger partial charge in [0.15, 0.2) is 0 Å². The average Bonchev–Trinajstić information content (AvgIpc) is 2.78. The lowest BCUT2D eigenvalue weighted by molar-refractivity contribution is 0.0688. The molecule has 1 N–H and O–H groups in total. The summed E-state index contributed by atoms with van der Waals surface area (Å²) in [6, 6.07) is 0. The minimum atomic E-state index is -0.155. The van der Waals surface area contributed by atoms with Crippen molar-refractivity contribution >= 4 is 0 Å². The van der Waals surface area contributed by atoms with Gasteiger partial charge in [-0.3, -0.25) is 4.90 Å². The predicted molar refractivity (Wildman–Crippen MR) is 72.2 cm³/mol. The Labute approximate surface area is 110 Å². The molecule has 1 aliphatic heterocycles. The molecule has 4 heteroatoms. The topological polar surface area (TPSA) is 41.3 Å². The summed E-state index contributed by atoms with van der Waals surface area (Å²) in [6.07, 6.45) is 7.13. The highest BCUT2D eigenvalue weighted by Gasteiger charge is 2.23. The van der Waals surface area contributed by atoms with E-state index in [1.165, 1.54) is 5.69 Å². The van der Waals surface area contributed by atoms with Gasteiger partial charge in [0, 0.05) is 19.3 Å². The van der Waals surface area contributed by atoms with Crippen LogP contribution in [0.1, 0.15) is 38.8 Å². The number of hydrogen-bond donors (Lipinski definition) is 1. The number of aliphatic hydroxyl groups is 1. The average molecular weight is 251 g/mol. The molecular formula is C14H25N3O. The van der Waals surface area contributed by atoms with Gasteiger partial charge in [0.2, 0.25) is 0 Å². The number of hydrogen-bond acceptors (Lipinski definition) is 3. The first-order valence-electron chi connectivity index (χ1n) is 7.10. The quantitative estimate of drug-likeness (QED) is 0.869. The van der Waals surface area contributed by atoms with Gasteiger partial charge in [-0.05, 0) is 45.2 Å². The zero-order valence-corrected chi connectivity index (χ0v) is 11.5. The van der Waals surface area contributed by atoms with E-state index in [9.17, 15) is 5.11 Å². The summed E-state index contributed by atoms with van der Waals surface area (Å²) in [4.78, 5) is 6.72. The van der Waals surface area contributed by atoms with Crippen LogP contribution in [0.25, 0.3) is 0 Å². The van der Waals surface area contributed by atoms with Gasteiger partial charge in [-0.15, -0.1) is 0 Å². The first kappa shape index (κ1) is 13.6. The van der Waals surface area contributed by atoms with Crippen LogP contribution in [-0.4, -0.2) is 38.8 Å². The van der Waals surface area contributed by atoms with Crippen LogP contribution in [0.4, 0.5) is 0 Å². The number of piperidine rings is 1. The van der Waals surface area contributed by atoms with E-state index in [2.05, 4.69) is 21.4 Å². The molecule has 18 heavy (non-hydrogen) atoms. The molecule has 1 aromatic rings. The molecule has 0 saturated carbocycles. The molecule has 2 heterocycles. The van der Waals surface area contributed by atoms with E-state index in [0.717, 1.165) is 45.4 Å². The summed E-state index contributed by atoms with van der Waals surface area (Å²) in [5.41, 5.74) is 1.31. The molecule has 2 rings (SSSR count). The van der Waals surface area contributed by atoms with E-state index in [0.29, 0.717) is 5.92 Å². The predicted octanol–water partition coefficient (Wildman–Crippen LogP) is 1.89. The number of aryl methyl sites for hydroxylation is 1. The lowest BCUT2D eigenvalue weighted by atomic mass is 9.92. The molecular weight excluding hydrogens is 226 g/mol. The Morgan fingerprint density at radius 1 is 1.44 bits per heavy atom. The summed E-state index contributed by atoms with van der Waals surface area (Å²) in [5.74, 6) is 0.488. The zero-order valence-electron chi connectivity index (χ0n) is 11.5. The van der Waals surface area contributed by atoms with E-state index in [1.807, 2.05) is 19.4 Å². The second-order valence-electron chi connectivity index (χ2n) is 5.43. The highest BCUT2D eigenvalue weighted by molar-refractivity contribution is 4.98. The maximum atomic E-state index is 9.60. The van der Waals surface area contributed by atoms with Crippen molar-refractivity contribution in [1.29, 1.82) is 0 Å². The number of aliphatic hydroxyl groups excluding tert-OH is 1. The number of likely N-dealkylation sites (tertiary alicyclic amines) is 1. The Morgan fingerprint density at radius 2 is 2.17 bits per heavy atom. The fourth-order valence-electron chi connectivity index (χ4n) is 2.74. The summed E-state index contributed by atoms with van der Waals surface area (Å²) >= 11 is 0. The van der Waals surface area contributed by atoms with Crippen LogP contribution in [0.2, 0.25) is 0 Å². The molecule has 1 atom stereocenters. The Morgan fingerprint density at radius 3 is 2.78 bits per heavy atom. The van der Waals surface area contributed by atoms with Gasteiger partial charge >= 0.3 is 0 Å². The molecule has 0 spiro atoms. The van der Waals surface area contributed by atoms with E-state index in [1.54, 1.807) is 0 Å². The summed E-state index contributed by atoms with van der Waals surface area (Å²) in [6.45, 7) is 8.33. The van der Waals surface area contributed by atoms with E-state index < -0.39 is 0 Å². The maximum absolute atomic E-state index is 9.60. The largest absolute Gasteiger partial charge is 0.393 e. The Kier molecular flexibility index (Phi) is 4.78. The van der Waals surface area contributed by atoms with Crippen LogP contribution in [-0.2, 0) is 13.1 Å². The van der Waals surface area contributed by atoms with Crippen molar-refractivity contribution in [2.75, 3.05) is 13.1 Å². The molecule has 0 aromatic carbocycles. The van der Waals surface area contributed by atoms with Crippen molar-refractivity contribution in [3.05, 3.63) is 18.2 Å². The molecule has 0 radical (unpaired) electrons. The SMILES string of the molecule is CCCn1cncc1CN1CCC(C(C)O)CC1. The summed E-state index contributed by atoms with van der Waals surface area (Å²) < 4.78 is 2.25. The van der Waals surface area contributed by atoms with Crippen molar-refractivity contribution in [2.24, 2.45) is 5.92 Å². The third kappa shape index (κ3) is 3.33. The normalized spacial score (nSPS) is 20.2. The zero-order chi connectivity index (χ0) is 13.0. The first-order chi connectivity index (χ1) is 8.70. The second kappa shape index (κ2) is 6.34. The maximum Gasteiger partial charge on any atom is 0.0948 e. The molecule has 1 aromatic heterocycles. The van der Waals surface area contributed by atoms with Crippen LogP contribution in [0.5, 0.6) is 0 Å². The van der Waals surface area contributed by atoms with Gasteiger partial charge in [0.25, 0.3) is 0 Å². The van der Waals surface area contributed by atoms with Gasteiger partial charge in [0.05, 0.1) is 18.1 Å². The van der Waals surface area contributed by atoms with Crippen molar-refractivity contribution in [3.63, 3.8) is 0 Å². The monoisotopic (exact) mass is 251 g/mol. The van der Waals surface area contributed by atoms with Crippen molar-refractivity contribution < 1.29 is 5.11 Å². The molecule has 0 aliphatic carbocycles. The van der Waals surface area contributed by atoms with Gasteiger partial charge in [0.1, 0.15) is 0 Å². The number of nitrogens with zero attached hydrogens (tertiary/aromatic N) is 3. The Hall–Kier alpha value is -0.870. The fourth-order valence-corrected chi connectivity index (χ4v) is 2.74. The molecule has 0 amide bonds. The molecule has 1 saturated heterocycles. The van der Waals surface area contributed by atoms with Crippen molar-refractivity contribution in [2.45, 2.75) is 52.3 Å². The van der Waals surface area contributed by atoms with Crippen LogP contribution in [0.15, 0.2) is 12.5 Å². The number of aromatic nitrogens is 2. The van der Waals surface area contributed by atoms with Gasteiger partial charge in [-0.2, -0.15) is 0 Å². The molecule has 4 nitrogen and oxygen atoms in total. The third-order valence-corrected chi connectivity index (χ3v) is 3.96. The smallest absolute Gasteiger partial charge is 0.0948 e. The van der Waals surface area contributed by atoms with Crippen molar-refractivity contribution in [3.8, 4) is 0 Å². The van der Waals surface area contributed by atoms with Gasteiger partial charge in [-0.25, -0.2) is 4.98 Å². The van der Waals surface area contributed by atoms with E-state index in [-0.39, 0.29) is 6.10 Å². The lowest BCUT2D eigenvalue weighted by Crippen LogP contribution is -2.37. The van der Waals surface area contributed by atoms with Crippen LogP contribution < -0.4 is 0 Å².